The molecular formula is C19H21NO3. The molecule has 2 aromatic carbocycles. The van der Waals surface area contributed by atoms with E-state index in [1.54, 1.807) is 20.1 Å². The van der Waals surface area contributed by atoms with Gasteiger partial charge in [0, 0.05) is 11.8 Å². The lowest BCUT2D eigenvalue weighted by Crippen LogP contribution is -2.09. The number of rotatable bonds is 7. The van der Waals surface area contributed by atoms with E-state index in [2.05, 4.69) is 5.32 Å². The SMILES string of the molecule is CCOC(=O)/C=C/[C@H](Nc1ccc(OC)cc1)c1ccccc1. The van der Waals surface area contributed by atoms with Crippen LogP contribution in [0.25, 0.3) is 0 Å². The Morgan fingerprint density at radius 3 is 2.43 bits per heavy atom. The van der Waals surface area contributed by atoms with Crippen molar-refractivity contribution in [2.45, 2.75) is 13.0 Å². The zero-order valence-corrected chi connectivity index (χ0v) is 13.4. The second-order valence-electron chi connectivity index (χ2n) is 4.87. The largest absolute Gasteiger partial charge is 0.497 e. The minimum atomic E-state index is -0.343. The van der Waals surface area contributed by atoms with Crippen LogP contribution in [0.4, 0.5) is 5.69 Å². The normalized spacial score (nSPS) is 11.9. The van der Waals surface area contributed by atoms with E-state index in [1.807, 2.05) is 54.6 Å². The molecule has 23 heavy (non-hydrogen) atoms. The maximum atomic E-state index is 11.6. The van der Waals surface area contributed by atoms with Crippen LogP contribution in [0, 0.1) is 0 Å². The van der Waals surface area contributed by atoms with Gasteiger partial charge >= 0.3 is 5.97 Å². The number of hydrogen-bond acceptors (Lipinski definition) is 4. The Morgan fingerprint density at radius 1 is 1.13 bits per heavy atom. The van der Waals surface area contributed by atoms with Gasteiger partial charge in [0.15, 0.2) is 0 Å². The summed E-state index contributed by atoms with van der Waals surface area (Å²) in [5.74, 6) is 0.457. The van der Waals surface area contributed by atoms with Crippen molar-refractivity contribution in [3.8, 4) is 5.75 Å². The van der Waals surface area contributed by atoms with Crippen LogP contribution in [-0.2, 0) is 9.53 Å². The fourth-order valence-electron chi connectivity index (χ4n) is 2.13. The third-order valence-corrected chi connectivity index (χ3v) is 3.28. The maximum Gasteiger partial charge on any atom is 0.330 e. The molecule has 0 heterocycles. The van der Waals surface area contributed by atoms with Crippen molar-refractivity contribution in [1.82, 2.24) is 0 Å². The van der Waals surface area contributed by atoms with E-state index in [1.165, 1.54) is 6.08 Å². The van der Waals surface area contributed by atoms with Crippen molar-refractivity contribution in [2.24, 2.45) is 0 Å². The molecule has 120 valence electrons. The first-order chi connectivity index (χ1) is 11.2. The van der Waals surface area contributed by atoms with Crippen LogP contribution < -0.4 is 10.1 Å². The summed E-state index contributed by atoms with van der Waals surface area (Å²) in [6.45, 7) is 2.15. The minimum absolute atomic E-state index is 0.131. The molecule has 0 aliphatic rings. The molecule has 0 spiro atoms. The Kier molecular flexibility index (Phi) is 6.24. The van der Waals surface area contributed by atoms with Gasteiger partial charge in [-0.05, 0) is 36.8 Å². The van der Waals surface area contributed by atoms with Gasteiger partial charge in [-0.3, -0.25) is 0 Å². The summed E-state index contributed by atoms with van der Waals surface area (Å²) < 4.78 is 10.1. The van der Waals surface area contributed by atoms with Gasteiger partial charge in [0.1, 0.15) is 5.75 Å². The number of nitrogens with one attached hydrogen (secondary N) is 1. The van der Waals surface area contributed by atoms with Crippen molar-refractivity contribution < 1.29 is 14.3 Å². The maximum absolute atomic E-state index is 11.6. The molecule has 4 nitrogen and oxygen atoms in total. The highest BCUT2D eigenvalue weighted by atomic mass is 16.5. The first-order valence-corrected chi connectivity index (χ1v) is 7.53. The Labute approximate surface area is 136 Å². The topological polar surface area (TPSA) is 47.6 Å². The highest BCUT2D eigenvalue weighted by Gasteiger charge is 2.08. The van der Waals surface area contributed by atoms with Crippen molar-refractivity contribution in [3.05, 3.63) is 72.3 Å². The van der Waals surface area contributed by atoms with Gasteiger partial charge < -0.3 is 14.8 Å². The van der Waals surface area contributed by atoms with Crippen LogP contribution in [0.5, 0.6) is 5.75 Å². The lowest BCUT2D eigenvalue weighted by Gasteiger charge is -2.17. The Balaban J connectivity index is 2.17. The zero-order valence-electron chi connectivity index (χ0n) is 13.4. The molecular weight excluding hydrogens is 290 g/mol. The Morgan fingerprint density at radius 2 is 1.83 bits per heavy atom. The first kappa shape index (κ1) is 16.6. The molecule has 2 rings (SSSR count). The summed E-state index contributed by atoms with van der Waals surface area (Å²) >= 11 is 0. The summed E-state index contributed by atoms with van der Waals surface area (Å²) in [5, 5.41) is 3.39. The molecule has 0 fully saturated rings. The monoisotopic (exact) mass is 311 g/mol. The molecule has 0 unspecified atom stereocenters. The van der Waals surface area contributed by atoms with Crippen molar-refractivity contribution in [1.29, 1.82) is 0 Å². The molecule has 0 bridgehead atoms. The number of benzene rings is 2. The number of esters is 1. The molecule has 1 N–H and O–H groups in total. The molecule has 4 heteroatoms. The highest BCUT2D eigenvalue weighted by Crippen LogP contribution is 2.22. The number of hydrogen-bond donors (Lipinski definition) is 1. The van der Waals surface area contributed by atoms with Crippen molar-refractivity contribution in [2.75, 3.05) is 19.0 Å². The van der Waals surface area contributed by atoms with Gasteiger partial charge in [-0.1, -0.05) is 36.4 Å². The summed E-state index contributed by atoms with van der Waals surface area (Å²) in [6.07, 6.45) is 3.26. The Bertz CT molecular complexity index is 635. The summed E-state index contributed by atoms with van der Waals surface area (Å²) in [7, 11) is 1.64. The molecule has 0 aliphatic heterocycles. The quantitative estimate of drug-likeness (QED) is 0.621. The summed E-state index contributed by atoms with van der Waals surface area (Å²) in [6, 6.07) is 17.4. The second-order valence-corrected chi connectivity index (χ2v) is 4.87. The van der Waals surface area contributed by atoms with Gasteiger partial charge in [0.05, 0.1) is 19.8 Å². The number of methoxy groups -OCH3 is 1. The van der Waals surface area contributed by atoms with E-state index in [4.69, 9.17) is 9.47 Å². The van der Waals surface area contributed by atoms with Crippen LogP contribution in [0.15, 0.2) is 66.7 Å². The fraction of sp³-hybridized carbons (Fsp3) is 0.211. The first-order valence-electron chi connectivity index (χ1n) is 7.53. The predicted octanol–water partition coefficient (Wildman–Crippen LogP) is 3.97. The van der Waals surface area contributed by atoms with E-state index in [-0.39, 0.29) is 12.0 Å². The standard InChI is InChI=1S/C19H21NO3/c1-3-23-19(21)14-13-18(15-7-5-4-6-8-15)20-16-9-11-17(22-2)12-10-16/h4-14,18,20H,3H2,1-2H3/b14-13+/t18-/m0/s1. The van der Waals surface area contributed by atoms with E-state index in [0.717, 1.165) is 17.0 Å². The third-order valence-electron chi connectivity index (χ3n) is 3.28. The lowest BCUT2D eigenvalue weighted by molar-refractivity contribution is -0.137. The van der Waals surface area contributed by atoms with Gasteiger partial charge in [-0.2, -0.15) is 0 Å². The molecule has 0 radical (unpaired) electrons. The lowest BCUT2D eigenvalue weighted by atomic mass is 10.1. The van der Waals surface area contributed by atoms with Crippen LogP contribution in [0.2, 0.25) is 0 Å². The average Bonchev–Trinajstić information content (AvgIpc) is 2.60. The third kappa shape index (κ3) is 5.18. The molecule has 0 amide bonds. The Hall–Kier alpha value is -2.75. The number of carbonyl (C=O) groups excluding carboxylic acids is 1. The average molecular weight is 311 g/mol. The summed E-state index contributed by atoms with van der Waals surface area (Å²) in [4.78, 5) is 11.6. The van der Waals surface area contributed by atoms with Gasteiger partial charge in [0.25, 0.3) is 0 Å². The van der Waals surface area contributed by atoms with Crippen molar-refractivity contribution >= 4 is 11.7 Å². The summed E-state index contributed by atoms with van der Waals surface area (Å²) in [5.41, 5.74) is 2.00. The zero-order chi connectivity index (χ0) is 16.5. The molecule has 1 atom stereocenters. The smallest absolute Gasteiger partial charge is 0.330 e. The number of ether oxygens (including phenoxy) is 2. The molecule has 0 aliphatic carbocycles. The molecule has 0 saturated carbocycles. The fourth-order valence-corrected chi connectivity index (χ4v) is 2.13. The van der Waals surface area contributed by atoms with Crippen LogP contribution in [-0.4, -0.2) is 19.7 Å². The van der Waals surface area contributed by atoms with Crippen molar-refractivity contribution in [3.63, 3.8) is 0 Å². The van der Waals surface area contributed by atoms with E-state index >= 15 is 0 Å². The minimum Gasteiger partial charge on any atom is -0.497 e. The van der Waals surface area contributed by atoms with Gasteiger partial charge in [-0.25, -0.2) is 4.79 Å². The predicted molar refractivity (Wildman–Crippen MR) is 91.6 cm³/mol. The van der Waals surface area contributed by atoms with Gasteiger partial charge in [-0.15, -0.1) is 0 Å². The van der Waals surface area contributed by atoms with Crippen LogP contribution >= 0.6 is 0 Å². The molecule has 0 aromatic heterocycles. The highest BCUT2D eigenvalue weighted by molar-refractivity contribution is 5.82. The van der Waals surface area contributed by atoms with E-state index in [9.17, 15) is 4.79 Å². The molecule has 2 aromatic rings. The number of anilines is 1. The second kappa shape index (κ2) is 8.63. The molecule has 0 saturated heterocycles. The van der Waals surface area contributed by atoms with Gasteiger partial charge in [0.2, 0.25) is 0 Å². The van der Waals surface area contributed by atoms with E-state index < -0.39 is 0 Å². The van der Waals surface area contributed by atoms with E-state index in [0.29, 0.717) is 6.61 Å². The van der Waals surface area contributed by atoms with Crippen LogP contribution in [0.3, 0.4) is 0 Å². The van der Waals surface area contributed by atoms with Crippen LogP contribution in [0.1, 0.15) is 18.5 Å². The number of carbonyl (C=O) groups is 1.